The second-order valence-corrected chi connectivity index (χ2v) is 5.70. The quantitative estimate of drug-likeness (QED) is 0.851. The van der Waals surface area contributed by atoms with Crippen molar-refractivity contribution in [3.05, 3.63) is 46.1 Å². The molecular weight excluding hydrogens is 316 g/mol. The SMILES string of the molecule is CCC(C)c1ccccc1Oc1ncc(N)c(C)c1Br. The largest absolute Gasteiger partial charge is 0.438 e. The van der Waals surface area contributed by atoms with E-state index in [0.717, 1.165) is 22.2 Å². The third-order valence-corrected chi connectivity index (χ3v) is 4.47. The highest BCUT2D eigenvalue weighted by molar-refractivity contribution is 9.10. The second kappa shape index (κ2) is 6.27. The monoisotopic (exact) mass is 334 g/mol. The van der Waals surface area contributed by atoms with Gasteiger partial charge in [-0.1, -0.05) is 32.0 Å². The maximum absolute atomic E-state index is 5.99. The average Bonchev–Trinajstić information content (AvgIpc) is 2.47. The first-order valence-electron chi connectivity index (χ1n) is 6.72. The van der Waals surface area contributed by atoms with Gasteiger partial charge in [-0.25, -0.2) is 4.98 Å². The van der Waals surface area contributed by atoms with Crippen LogP contribution < -0.4 is 10.5 Å². The van der Waals surface area contributed by atoms with Crippen LogP contribution in [0.5, 0.6) is 11.6 Å². The fourth-order valence-corrected chi connectivity index (χ4v) is 2.36. The molecule has 1 heterocycles. The van der Waals surface area contributed by atoms with Gasteiger partial charge < -0.3 is 10.5 Å². The van der Waals surface area contributed by atoms with Gasteiger partial charge in [-0.3, -0.25) is 0 Å². The van der Waals surface area contributed by atoms with Crippen molar-refractivity contribution in [3.8, 4) is 11.6 Å². The molecule has 0 bridgehead atoms. The summed E-state index contributed by atoms with van der Waals surface area (Å²) in [4.78, 5) is 4.27. The molecule has 0 fully saturated rings. The van der Waals surface area contributed by atoms with Gasteiger partial charge in [-0.2, -0.15) is 0 Å². The summed E-state index contributed by atoms with van der Waals surface area (Å²) in [6.07, 6.45) is 2.69. The van der Waals surface area contributed by atoms with E-state index in [1.807, 2.05) is 25.1 Å². The number of para-hydroxylation sites is 1. The van der Waals surface area contributed by atoms with Gasteiger partial charge in [0.05, 0.1) is 16.4 Å². The van der Waals surface area contributed by atoms with Crippen LogP contribution in [0, 0.1) is 6.92 Å². The Morgan fingerprint density at radius 1 is 1.35 bits per heavy atom. The van der Waals surface area contributed by atoms with E-state index in [4.69, 9.17) is 10.5 Å². The maximum atomic E-state index is 5.99. The smallest absolute Gasteiger partial charge is 0.234 e. The summed E-state index contributed by atoms with van der Waals surface area (Å²) in [6.45, 7) is 6.30. The lowest BCUT2D eigenvalue weighted by Gasteiger charge is -2.16. The Balaban J connectivity index is 2.38. The van der Waals surface area contributed by atoms with E-state index >= 15 is 0 Å². The van der Waals surface area contributed by atoms with Crippen LogP contribution in [-0.2, 0) is 0 Å². The lowest BCUT2D eigenvalue weighted by Crippen LogP contribution is -1.99. The number of ether oxygens (including phenoxy) is 1. The third-order valence-electron chi connectivity index (χ3n) is 3.54. The molecule has 1 aromatic carbocycles. The number of rotatable bonds is 4. The molecule has 106 valence electrons. The number of pyridine rings is 1. The lowest BCUT2D eigenvalue weighted by molar-refractivity contribution is 0.448. The van der Waals surface area contributed by atoms with Crippen molar-refractivity contribution >= 4 is 21.6 Å². The summed E-state index contributed by atoms with van der Waals surface area (Å²) in [5.41, 5.74) is 8.62. The summed E-state index contributed by atoms with van der Waals surface area (Å²) in [5.74, 6) is 1.84. The number of nitrogen functional groups attached to an aromatic ring is 1. The lowest BCUT2D eigenvalue weighted by atomic mass is 9.98. The number of hydrogen-bond donors (Lipinski definition) is 1. The van der Waals surface area contributed by atoms with Crippen LogP contribution in [0.15, 0.2) is 34.9 Å². The van der Waals surface area contributed by atoms with Gasteiger partial charge in [-0.05, 0) is 52.4 Å². The molecule has 0 aliphatic heterocycles. The Morgan fingerprint density at radius 2 is 2.05 bits per heavy atom. The van der Waals surface area contributed by atoms with Crippen molar-refractivity contribution in [1.29, 1.82) is 0 Å². The van der Waals surface area contributed by atoms with Crippen LogP contribution in [0.3, 0.4) is 0 Å². The molecule has 4 heteroatoms. The number of hydrogen-bond acceptors (Lipinski definition) is 3. The zero-order chi connectivity index (χ0) is 14.7. The Kier molecular flexibility index (Phi) is 4.65. The highest BCUT2D eigenvalue weighted by Gasteiger charge is 2.14. The Hall–Kier alpha value is -1.55. The number of aromatic nitrogens is 1. The molecule has 3 nitrogen and oxygen atoms in total. The first kappa shape index (κ1) is 14.9. The van der Waals surface area contributed by atoms with Gasteiger partial charge in [0.2, 0.25) is 5.88 Å². The van der Waals surface area contributed by atoms with Crippen molar-refractivity contribution in [2.24, 2.45) is 0 Å². The summed E-state index contributed by atoms with van der Waals surface area (Å²) in [7, 11) is 0. The van der Waals surface area contributed by atoms with Gasteiger partial charge in [0.15, 0.2) is 0 Å². The van der Waals surface area contributed by atoms with Crippen LogP contribution in [-0.4, -0.2) is 4.98 Å². The summed E-state index contributed by atoms with van der Waals surface area (Å²) < 4.78 is 6.79. The molecule has 20 heavy (non-hydrogen) atoms. The van der Waals surface area contributed by atoms with Gasteiger partial charge in [0.25, 0.3) is 0 Å². The average molecular weight is 335 g/mol. The minimum Gasteiger partial charge on any atom is -0.438 e. The first-order valence-corrected chi connectivity index (χ1v) is 7.51. The molecule has 2 aromatic rings. The predicted octanol–water partition coefficient (Wildman–Crippen LogP) is 5.04. The molecule has 2 rings (SSSR count). The molecule has 1 unspecified atom stereocenters. The van der Waals surface area contributed by atoms with Crippen molar-refractivity contribution in [3.63, 3.8) is 0 Å². The summed E-state index contributed by atoms with van der Waals surface area (Å²) >= 11 is 3.50. The highest BCUT2D eigenvalue weighted by atomic mass is 79.9. The molecule has 2 N–H and O–H groups in total. The molecule has 0 saturated carbocycles. The molecule has 0 radical (unpaired) electrons. The van der Waals surface area contributed by atoms with E-state index in [9.17, 15) is 0 Å². The Morgan fingerprint density at radius 3 is 2.75 bits per heavy atom. The second-order valence-electron chi connectivity index (χ2n) is 4.91. The minimum atomic E-state index is 0.444. The normalized spacial score (nSPS) is 12.2. The Labute approximate surface area is 128 Å². The third kappa shape index (κ3) is 2.96. The molecule has 1 atom stereocenters. The van der Waals surface area contributed by atoms with Gasteiger partial charge in [0, 0.05) is 0 Å². The number of halogens is 1. The van der Waals surface area contributed by atoms with Gasteiger partial charge in [-0.15, -0.1) is 0 Å². The van der Waals surface area contributed by atoms with E-state index < -0.39 is 0 Å². The predicted molar refractivity (Wildman–Crippen MR) is 86.3 cm³/mol. The van der Waals surface area contributed by atoms with Crippen LogP contribution >= 0.6 is 15.9 Å². The van der Waals surface area contributed by atoms with Crippen molar-refractivity contribution in [2.45, 2.75) is 33.1 Å². The van der Waals surface area contributed by atoms with Crippen LogP contribution in [0.4, 0.5) is 5.69 Å². The zero-order valence-electron chi connectivity index (χ0n) is 12.0. The van der Waals surface area contributed by atoms with E-state index in [2.05, 4.69) is 40.8 Å². The minimum absolute atomic E-state index is 0.444. The molecule has 0 spiro atoms. The topological polar surface area (TPSA) is 48.1 Å². The molecular formula is C16H19BrN2O. The standard InChI is InChI=1S/C16H19BrN2O/c1-4-10(2)12-7-5-6-8-14(12)20-16-15(17)11(3)13(18)9-19-16/h5-10H,4,18H2,1-3H3. The van der Waals surface area contributed by atoms with Crippen LogP contribution in [0.25, 0.3) is 0 Å². The maximum Gasteiger partial charge on any atom is 0.234 e. The number of nitrogens with two attached hydrogens (primary N) is 1. The van der Waals surface area contributed by atoms with E-state index in [1.54, 1.807) is 6.20 Å². The zero-order valence-corrected chi connectivity index (χ0v) is 13.6. The fourth-order valence-electron chi connectivity index (χ4n) is 1.94. The van der Waals surface area contributed by atoms with Gasteiger partial charge in [0.1, 0.15) is 5.75 Å². The van der Waals surface area contributed by atoms with Crippen molar-refractivity contribution in [1.82, 2.24) is 4.98 Å². The molecule has 1 aromatic heterocycles. The highest BCUT2D eigenvalue weighted by Crippen LogP contribution is 2.36. The number of benzene rings is 1. The number of nitrogens with zero attached hydrogens (tertiary/aromatic N) is 1. The summed E-state index contributed by atoms with van der Waals surface area (Å²) in [6, 6.07) is 8.08. The molecule has 0 amide bonds. The molecule has 0 aliphatic carbocycles. The molecule has 0 aliphatic rings. The van der Waals surface area contributed by atoms with E-state index in [1.165, 1.54) is 5.56 Å². The Bertz CT molecular complexity index is 613. The summed E-state index contributed by atoms with van der Waals surface area (Å²) in [5, 5.41) is 0. The van der Waals surface area contributed by atoms with Crippen LogP contribution in [0.2, 0.25) is 0 Å². The fraction of sp³-hybridized carbons (Fsp3) is 0.312. The van der Waals surface area contributed by atoms with Gasteiger partial charge >= 0.3 is 0 Å². The molecule has 0 saturated heterocycles. The van der Waals surface area contributed by atoms with Crippen LogP contribution in [0.1, 0.15) is 37.3 Å². The van der Waals surface area contributed by atoms with E-state index in [0.29, 0.717) is 17.5 Å². The van der Waals surface area contributed by atoms with E-state index in [-0.39, 0.29) is 0 Å². The van der Waals surface area contributed by atoms with Crippen molar-refractivity contribution in [2.75, 3.05) is 5.73 Å². The van der Waals surface area contributed by atoms with Crippen molar-refractivity contribution < 1.29 is 4.74 Å². The first-order chi connectivity index (χ1) is 9.54. The number of anilines is 1.